The third-order valence-corrected chi connectivity index (χ3v) is 4.04. The highest BCUT2D eigenvalue weighted by Crippen LogP contribution is 2.41. The normalized spacial score (nSPS) is 10.9. The Morgan fingerprint density at radius 3 is 2.65 bits per heavy atom. The highest BCUT2D eigenvalue weighted by atomic mass is 32.1. The number of rotatable bonds is 2. The average Bonchev–Trinajstić information content (AvgIpc) is 2.93. The molecule has 0 amide bonds. The quantitative estimate of drug-likeness (QED) is 0.779. The Labute approximate surface area is 119 Å². The molecule has 0 aliphatic rings. The minimum Gasteiger partial charge on any atom is -0.380 e. The fraction of sp³-hybridized carbons (Fsp3) is 0.143. The summed E-state index contributed by atoms with van der Waals surface area (Å²) in [7, 11) is 0. The molecule has 0 radical (unpaired) electrons. The summed E-state index contributed by atoms with van der Waals surface area (Å²) in [5.41, 5.74) is 7.53. The smallest absolute Gasteiger partial charge is 0.188 e. The van der Waals surface area contributed by atoms with Crippen molar-refractivity contribution in [2.75, 3.05) is 5.73 Å². The number of nitrogens with two attached hydrogens (primary N) is 1. The number of aromatic nitrogens is 2. The first-order valence-electron chi connectivity index (χ1n) is 6.02. The summed E-state index contributed by atoms with van der Waals surface area (Å²) in [5, 5.41) is 4.69. The molecule has 0 saturated carbocycles. The number of anilines is 1. The van der Waals surface area contributed by atoms with Gasteiger partial charge in [0.15, 0.2) is 11.6 Å². The van der Waals surface area contributed by atoms with E-state index in [1.54, 1.807) is 18.2 Å². The number of benzene rings is 1. The molecule has 1 aromatic carbocycles. The predicted octanol–water partition coefficient (Wildman–Crippen LogP) is 3.80. The largest absolute Gasteiger partial charge is 0.380 e. The molecule has 0 fully saturated rings. The molecule has 0 bridgehead atoms. The number of nitrogens with zero attached hydrogens (tertiary/aromatic N) is 2. The summed E-state index contributed by atoms with van der Waals surface area (Å²) >= 11 is 1.47. The highest BCUT2D eigenvalue weighted by Gasteiger charge is 2.23. The van der Waals surface area contributed by atoms with Crippen LogP contribution in [0.2, 0.25) is 0 Å². The van der Waals surface area contributed by atoms with Crippen LogP contribution < -0.4 is 5.73 Å². The van der Waals surface area contributed by atoms with Crippen molar-refractivity contribution in [2.45, 2.75) is 13.8 Å². The van der Waals surface area contributed by atoms with Gasteiger partial charge < -0.3 is 10.3 Å². The van der Waals surface area contributed by atoms with Crippen molar-refractivity contribution in [1.29, 1.82) is 0 Å². The molecule has 2 N–H and O–H groups in total. The second-order valence-corrected chi connectivity index (χ2v) is 5.60. The number of hydrogen-bond acceptors (Lipinski definition) is 5. The van der Waals surface area contributed by atoms with Gasteiger partial charge in [0.2, 0.25) is 0 Å². The topological polar surface area (TPSA) is 64.9 Å². The van der Waals surface area contributed by atoms with Crippen molar-refractivity contribution in [3.05, 3.63) is 40.8 Å². The van der Waals surface area contributed by atoms with Crippen LogP contribution in [0.15, 0.2) is 28.8 Å². The van der Waals surface area contributed by atoms with Crippen molar-refractivity contribution in [1.82, 2.24) is 10.1 Å². The van der Waals surface area contributed by atoms with Crippen LogP contribution in [0.4, 0.5) is 10.2 Å². The van der Waals surface area contributed by atoms with E-state index >= 15 is 0 Å². The number of thiazole rings is 1. The van der Waals surface area contributed by atoms with E-state index < -0.39 is 0 Å². The van der Waals surface area contributed by atoms with Gasteiger partial charge in [0, 0.05) is 5.56 Å². The van der Waals surface area contributed by atoms with E-state index in [9.17, 15) is 4.39 Å². The Bertz CT molecular complexity index is 779. The molecule has 2 aromatic heterocycles. The maximum absolute atomic E-state index is 14.0. The summed E-state index contributed by atoms with van der Waals surface area (Å²) in [6, 6.07) is 6.42. The Morgan fingerprint density at radius 1 is 1.25 bits per heavy atom. The molecule has 0 atom stereocenters. The van der Waals surface area contributed by atoms with Crippen LogP contribution in [-0.4, -0.2) is 10.1 Å². The van der Waals surface area contributed by atoms with Crippen molar-refractivity contribution >= 4 is 17.2 Å². The number of hydrogen-bond donors (Lipinski definition) is 1. The molecule has 0 saturated heterocycles. The first-order chi connectivity index (χ1) is 9.58. The molecular formula is C14H12FN3OS. The van der Waals surface area contributed by atoms with Crippen LogP contribution in [0, 0.1) is 19.7 Å². The number of halogens is 1. The van der Waals surface area contributed by atoms with E-state index in [4.69, 9.17) is 10.3 Å². The Balaban J connectivity index is 2.26. The third kappa shape index (κ3) is 1.98. The highest BCUT2D eigenvalue weighted by molar-refractivity contribution is 7.15. The van der Waals surface area contributed by atoms with Gasteiger partial charge in [0.25, 0.3) is 0 Å². The zero-order valence-corrected chi connectivity index (χ0v) is 11.8. The minimum absolute atomic E-state index is 0.176. The van der Waals surface area contributed by atoms with E-state index in [2.05, 4.69) is 10.1 Å². The van der Waals surface area contributed by atoms with Crippen molar-refractivity contribution in [3.63, 3.8) is 0 Å². The molecule has 0 aliphatic carbocycles. The lowest BCUT2D eigenvalue weighted by atomic mass is 10.0. The molecule has 0 aliphatic heterocycles. The van der Waals surface area contributed by atoms with Gasteiger partial charge in [-0.3, -0.25) is 0 Å². The zero-order chi connectivity index (χ0) is 14.3. The molecule has 3 aromatic rings. The first-order valence-corrected chi connectivity index (χ1v) is 6.84. The third-order valence-electron chi connectivity index (χ3n) is 2.97. The lowest BCUT2D eigenvalue weighted by molar-refractivity contribution is 0.436. The van der Waals surface area contributed by atoms with Crippen LogP contribution in [0.25, 0.3) is 21.8 Å². The van der Waals surface area contributed by atoms with Crippen LogP contribution in [-0.2, 0) is 0 Å². The molecular weight excluding hydrogens is 277 g/mol. The van der Waals surface area contributed by atoms with Crippen molar-refractivity contribution in [2.24, 2.45) is 0 Å². The van der Waals surface area contributed by atoms with Gasteiger partial charge in [0.05, 0.1) is 21.1 Å². The first kappa shape index (κ1) is 12.8. The zero-order valence-electron chi connectivity index (χ0n) is 11.0. The standard InChI is InChI=1S/C14H12FN3OS/c1-7-13(20-8(2)17-7)12-11(14(16)18-19-12)9-5-3-4-6-10(9)15/h3-6H,1-2H3,(H2,16,18). The van der Waals surface area contributed by atoms with Crippen LogP contribution in [0.3, 0.4) is 0 Å². The summed E-state index contributed by atoms with van der Waals surface area (Å²) in [6.45, 7) is 3.78. The molecule has 3 rings (SSSR count). The fourth-order valence-electron chi connectivity index (χ4n) is 2.12. The number of nitrogen functional groups attached to an aromatic ring is 1. The lowest BCUT2D eigenvalue weighted by Gasteiger charge is -2.03. The van der Waals surface area contributed by atoms with Gasteiger partial charge in [-0.05, 0) is 19.9 Å². The molecule has 102 valence electrons. The maximum atomic E-state index is 14.0. The van der Waals surface area contributed by atoms with Crippen molar-refractivity contribution < 1.29 is 8.91 Å². The molecule has 0 spiro atoms. The van der Waals surface area contributed by atoms with Gasteiger partial charge in [-0.15, -0.1) is 11.3 Å². The Hall–Kier alpha value is -2.21. The van der Waals surface area contributed by atoms with Crippen LogP contribution >= 0.6 is 11.3 Å². The van der Waals surface area contributed by atoms with E-state index in [0.717, 1.165) is 15.6 Å². The minimum atomic E-state index is -0.359. The van der Waals surface area contributed by atoms with E-state index in [0.29, 0.717) is 16.9 Å². The SMILES string of the molecule is Cc1nc(C)c(-c2onc(N)c2-c2ccccc2F)s1. The monoisotopic (exact) mass is 289 g/mol. The second-order valence-electron chi connectivity index (χ2n) is 4.40. The summed E-state index contributed by atoms with van der Waals surface area (Å²) in [4.78, 5) is 5.17. The molecule has 20 heavy (non-hydrogen) atoms. The summed E-state index contributed by atoms with van der Waals surface area (Å²) < 4.78 is 19.3. The molecule has 2 heterocycles. The molecule has 4 nitrogen and oxygen atoms in total. The van der Waals surface area contributed by atoms with Gasteiger partial charge in [-0.1, -0.05) is 23.4 Å². The lowest BCUT2D eigenvalue weighted by Crippen LogP contribution is -1.91. The molecule has 6 heteroatoms. The van der Waals surface area contributed by atoms with Gasteiger partial charge >= 0.3 is 0 Å². The van der Waals surface area contributed by atoms with Gasteiger partial charge in [-0.2, -0.15) is 0 Å². The second kappa shape index (κ2) is 4.72. The van der Waals surface area contributed by atoms with E-state index in [1.807, 2.05) is 13.8 Å². The Morgan fingerprint density at radius 2 is 2.00 bits per heavy atom. The van der Waals surface area contributed by atoms with Gasteiger partial charge in [-0.25, -0.2) is 9.37 Å². The van der Waals surface area contributed by atoms with Crippen LogP contribution in [0.5, 0.6) is 0 Å². The summed E-state index contributed by atoms with van der Waals surface area (Å²) in [6.07, 6.45) is 0. The summed E-state index contributed by atoms with van der Waals surface area (Å²) in [5.74, 6) is 0.286. The number of aryl methyl sites for hydroxylation is 2. The predicted molar refractivity (Wildman–Crippen MR) is 76.9 cm³/mol. The van der Waals surface area contributed by atoms with Crippen LogP contribution in [0.1, 0.15) is 10.7 Å². The van der Waals surface area contributed by atoms with E-state index in [1.165, 1.54) is 17.4 Å². The van der Waals surface area contributed by atoms with Gasteiger partial charge in [0.1, 0.15) is 5.82 Å². The Kier molecular flexibility index (Phi) is 3.02. The van der Waals surface area contributed by atoms with Crippen molar-refractivity contribution in [3.8, 4) is 21.8 Å². The van der Waals surface area contributed by atoms with E-state index in [-0.39, 0.29) is 11.6 Å². The average molecular weight is 289 g/mol. The maximum Gasteiger partial charge on any atom is 0.188 e. The fourth-order valence-corrected chi connectivity index (χ4v) is 3.03. The molecule has 0 unspecified atom stereocenters.